The van der Waals surface area contributed by atoms with Crippen LogP contribution in [-0.2, 0) is 20.7 Å². The summed E-state index contributed by atoms with van der Waals surface area (Å²) in [5.74, 6) is -0.839. The third-order valence-corrected chi connectivity index (χ3v) is 2.51. The molecular formula is C14H19NO4. The summed E-state index contributed by atoms with van der Waals surface area (Å²) in [6.45, 7) is 2.22. The first-order valence-corrected chi connectivity index (χ1v) is 6.28. The van der Waals surface area contributed by atoms with Crippen molar-refractivity contribution < 1.29 is 19.4 Å². The van der Waals surface area contributed by atoms with Gasteiger partial charge in [0.2, 0.25) is 5.91 Å². The van der Waals surface area contributed by atoms with E-state index in [0.717, 1.165) is 5.56 Å². The minimum atomic E-state index is -1.11. The molecule has 1 rings (SSSR count). The van der Waals surface area contributed by atoms with E-state index in [2.05, 4.69) is 5.32 Å². The molecule has 104 valence electrons. The molecule has 1 aromatic rings. The van der Waals surface area contributed by atoms with Gasteiger partial charge in [-0.15, -0.1) is 0 Å². The number of esters is 1. The van der Waals surface area contributed by atoms with Crippen LogP contribution in [0.1, 0.15) is 18.9 Å². The Morgan fingerprint density at radius 2 is 2.00 bits per heavy atom. The normalized spacial score (nSPS) is 11.7. The standard InChI is InChI=1S/C14H19NO4/c1-2-19-13(17)8-9-15-14(18)12(16)10-11-6-4-3-5-7-11/h3-7,12,16H,2,8-10H2,1H3,(H,15,18)/t12-/m0/s1. The van der Waals surface area contributed by atoms with Gasteiger partial charge in [0.15, 0.2) is 0 Å². The van der Waals surface area contributed by atoms with E-state index in [9.17, 15) is 14.7 Å². The molecule has 2 N–H and O–H groups in total. The summed E-state index contributed by atoms with van der Waals surface area (Å²) in [4.78, 5) is 22.6. The second-order valence-corrected chi connectivity index (χ2v) is 4.05. The van der Waals surface area contributed by atoms with E-state index in [0.29, 0.717) is 6.61 Å². The van der Waals surface area contributed by atoms with Gasteiger partial charge in [0.25, 0.3) is 0 Å². The zero-order chi connectivity index (χ0) is 14.1. The second kappa shape index (κ2) is 8.26. The summed E-state index contributed by atoms with van der Waals surface area (Å²) >= 11 is 0. The van der Waals surface area contributed by atoms with Gasteiger partial charge in [0, 0.05) is 13.0 Å². The molecule has 0 unspecified atom stereocenters. The summed E-state index contributed by atoms with van der Waals surface area (Å²) in [7, 11) is 0. The molecule has 0 bridgehead atoms. The second-order valence-electron chi connectivity index (χ2n) is 4.05. The average molecular weight is 265 g/mol. The van der Waals surface area contributed by atoms with Gasteiger partial charge in [-0.05, 0) is 12.5 Å². The van der Waals surface area contributed by atoms with Crippen molar-refractivity contribution in [3.05, 3.63) is 35.9 Å². The number of hydrogen-bond donors (Lipinski definition) is 2. The van der Waals surface area contributed by atoms with Crippen LogP contribution in [0.2, 0.25) is 0 Å². The topological polar surface area (TPSA) is 75.6 Å². The summed E-state index contributed by atoms with van der Waals surface area (Å²) in [6.07, 6.45) is -0.742. The number of aliphatic hydroxyl groups excluding tert-OH is 1. The molecule has 0 saturated heterocycles. The average Bonchev–Trinajstić information content (AvgIpc) is 2.40. The highest BCUT2D eigenvalue weighted by molar-refractivity contribution is 5.81. The lowest BCUT2D eigenvalue weighted by Crippen LogP contribution is -2.37. The van der Waals surface area contributed by atoms with Crippen LogP contribution in [0.15, 0.2) is 30.3 Å². The number of hydrogen-bond acceptors (Lipinski definition) is 4. The smallest absolute Gasteiger partial charge is 0.307 e. The van der Waals surface area contributed by atoms with Gasteiger partial charge in [-0.25, -0.2) is 0 Å². The van der Waals surface area contributed by atoms with E-state index in [1.54, 1.807) is 6.92 Å². The van der Waals surface area contributed by atoms with Crippen LogP contribution < -0.4 is 5.32 Å². The van der Waals surface area contributed by atoms with Crippen molar-refractivity contribution in [2.24, 2.45) is 0 Å². The maximum Gasteiger partial charge on any atom is 0.307 e. The molecule has 1 amide bonds. The number of amides is 1. The number of aliphatic hydroxyl groups is 1. The fourth-order valence-electron chi connectivity index (χ4n) is 1.57. The number of carbonyl (C=O) groups excluding carboxylic acids is 2. The van der Waals surface area contributed by atoms with Crippen LogP contribution in [-0.4, -0.2) is 36.2 Å². The van der Waals surface area contributed by atoms with Crippen LogP contribution >= 0.6 is 0 Å². The fraction of sp³-hybridized carbons (Fsp3) is 0.429. The Hall–Kier alpha value is -1.88. The number of nitrogens with one attached hydrogen (secondary N) is 1. The van der Waals surface area contributed by atoms with Crippen LogP contribution in [0.5, 0.6) is 0 Å². The number of ether oxygens (including phenoxy) is 1. The predicted molar refractivity (Wildman–Crippen MR) is 70.4 cm³/mol. The molecule has 0 spiro atoms. The van der Waals surface area contributed by atoms with Crippen molar-refractivity contribution in [1.29, 1.82) is 0 Å². The van der Waals surface area contributed by atoms with Gasteiger partial charge in [-0.3, -0.25) is 9.59 Å². The number of rotatable bonds is 7. The van der Waals surface area contributed by atoms with E-state index in [-0.39, 0.29) is 25.4 Å². The summed E-state index contributed by atoms with van der Waals surface area (Å²) in [6, 6.07) is 9.25. The minimum absolute atomic E-state index is 0.109. The van der Waals surface area contributed by atoms with E-state index >= 15 is 0 Å². The molecule has 1 atom stereocenters. The molecular weight excluding hydrogens is 246 g/mol. The molecule has 19 heavy (non-hydrogen) atoms. The van der Waals surface area contributed by atoms with Gasteiger partial charge >= 0.3 is 5.97 Å². The Labute approximate surface area is 112 Å². The van der Waals surface area contributed by atoms with Gasteiger partial charge < -0.3 is 15.2 Å². The first-order chi connectivity index (χ1) is 9.13. The quantitative estimate of drug-likeness (QED) is 0.710. The lowest BCUT2D eigenvalue weighted by atomic mass is 10.1. The highest BCUT2D eigenvalue weighted by Crippen LogP contribution is 2.03. The van der Waals surface area contributed by atoms with E-state index in [4.69, 9.17) is 4.74 Å². The Morgan fingerprint density at radius 1 is 1.32 bits per heavy atom. The molecule has 0 aliphatic heterocycles. The third kappa shape index (κ3) is 6.01. The van der Waals surface area contributed by atoms with Crippen LogP contribution in [0.25, 0.3) is 0 Å². The monoisotopic (exact) mass is 265 g/mol. The maximum absolute atomic E-state index is 11.6. The van der Waals surface area contributed by atoms with Gasteiger partial charge in [-0.1, -0.05) is 30.3 Å². The van der Waals surface area contributed by atoms with Crippen molar-refractivity contribution in [1.82, 2.24) is 5.32 Å². The summed E-state index contributed by atoms with van der Waals surface area (Å²) < 4.78 is 4.73. The predicted octanol–water partition coefficient (Wildman–Crippen LogP) is 0.659. The molecule has 0 aliphatic carbocycles. The van der Waals surface area contributed by atoms with E-state index in [1.165, 1.54) is 0 Å². The van der Waals surface area contributed by atoms with E-state index in [1.807, 2.05) is 30.3 Å². The van der Waals surface area contributed by atoms with Crippen molar-refractivity contribution in [3.63, 3.8) is 0 Å². The Morgan fingerprint density at radius 3 is 2.63 bits per heavy atom. The SMILES string of the molecule is CCOC(=O)CCNC(=O)[C@@H](O)Cc1ccccc1. The fourth-order valence-corrected chi connectivity index (χ4v) is 1.57. The van der Waals surface area contributed by atoms with Gasteiger partial charge in [0.1, 0.15) is 6.10 Å². The molecule has 0 fully saturated rings. The zero-order valence-electron chi connectivity index (χ0n) is 11.0. The molecule has 0 saturated carbocycles. The lowest BCUT2D eigenvalue weighted by Gasteiger charge is -2.11. The Kier molecular flexibility index (Phi) is 6.60. The van der Waals surface area contributed by atoms with Crippen molar-refractivity contribution in [3.8, 4) is 0 Å². The molecule has 5 heteroatoms. The Bertz CT molecular complexity index is 405. The van der Waals surface area contributed by atoms with Crippen LogP contribution in [0.3, 0.4) is 0 Å². The number of benzene rings is 1. The van der Waals surface area contributed by atoms with Gasteiger partial charge in [0.05, 0.1) is 13.0 Å². The van der Waals surface area contributed by atoms with Crippen LogP contribution in [0.4, 0.5) is 0 Å². The molecule has 0 radical (unpaired) electrons. The minimum Gasteiger partial charge on any atom is -0.466 e. The first kappa shape index (κ1) is 15.2. The highest BCUT2D eigenvalue weighted by Gasteiger charge is 2.15. The molecule has 0 aliphatic rings. The van der Waals surface area contributed by atoms with Crippen molar-refractivity contribution >= 4 is 11.9 Å². The third-order valence-electron chi connectivity index (χ3n) is 2.51. The molecule has 0 aromatic heterocycles. The van der Waals surface area contributed by atoms with Crippen LogP contribution in [0, 0.1) is 0 Å². The molecule has 0 heterocycles. The zero-order valence-corrected chi connectivity index (χ0v) is 11.0. The van der Waals surface area contributed by atoms with Crippen molar-refractivity contribution in [2.45, 2.75) is 25.9 Å². The largest absolute Gasteiger partial charge is 0.466 e. The molecule has 1 aromatic carbocycles. The molecule has 5 nitrogen and oxygen atoms in total. The summed E-state index contributed by atoms with van der Waals surface area (Å²) in [5.41, 5.74) is 0.885. The maximum atomic E-state index is 11.6. The summed E-state index contributed by atoms with van der Waals surface area (Å²) in [5, 5.41) is 12.2. The first-order valence-electron chi connectivity index (χ1n) is 6.28. The van der Waals surface area contributed by atoms with Gasteiger partial charge in [-0.2, -0.15) is 0 Å². The Balaban J connectivity index is 2.27. The number of carbonyl (C=O) groups is 2. The van der Waals surface area contributed by atoms with Crippen molar-refractivity contribution in [2.75, 3.05) is 13.2 Å². The van der Waals surface area contributed by atoms with E-state index < -0.39 is 12.0 Å². The highest BCUT2D eigenvalue weighted by atomic mass is 16.5. The lowest BCUT2D eigenvalue weighted by molar-refractivity contribution is -0.143.